The summed E-state index contributed by atoms with van der Waals surface area (Å²) in [6.45, 7) is 13.3. The van der Waals surface area contributed by atoms with Gasteiger partial charge in [-0.25, -0.2) is 8.78 Å². The first kappa shape index (κ1) is 36.2. The van der Waals surface area contributed by atoms with Crippen molar-refractivity contribution in [2.45, 2.75) is 78.6 Å². The Morgan fingerprint density at radius 3 is 1.70 bits per heavy atom. The largest absolute Gasteiger partial charge is 0.315 e. The Hall–Kier alpha value is -1.86. The Labute approximate surface area is 249 Å². The molecule has 0 spiro atoms. The fraction of sp³-hybridized carbons (Fsp3) is 0.562. The van der Waals surface area contributed by atoms with Crippen LogP contribution in [0.2, 0.25) is 10.0 Å². The molecular weight excluding hydrogens is 553 g/mol. The minimum Gasteiger partial charge on any atom is -0.315 e. The molecule has 4 rings (SSSR count). The zero-order valence-electron chi connectivity index (χ0n) is 24.8. The highest BCUT2D eigenvalue weighted by Gasteiger charge is 2.39. The Morgan fingerprint density at radius 2 is 1.32 bits per heavy atom. The van der Waals surface area contributed by atoms with Crippen LogP contribution in [0.5, 0.6) is 0 Å². The van der Waals surface area contributed by atoms with Crippen LogP contribution in [0, 0.1) is 5.92 Å². The molecule has 0 aromatic heterocycles. The molecule has 1 saturated heterocycles. The molecule has 2 unspecified atom stereocenters. The predicted molar refractivity (Wildman–Crippen MR) is 164 cm³/mol. The fourth-order valence-electron chi connectivity index (χ4n) is 4.33. The van der Waals surface area contributed by atoms with Gasteiger partial charge in [0.2, 0.25) is 0 Å². The maximum atomic E-state index is 13.2. The first-order valence-corrected chi connectivity index (χ1v) is 15.1. The molecular formula is C32H46Cl2F2N2O2. The molecule has 224 valence electrons. The van der Waals surface area contributed by atoms with Gasteiger partial charge in [0.1, 0.15) is 11.6 Å². The number of rotatable bonds is 10. The van der Waals surface area contributed by atoms with Crippen molar-refractivity contribution < 1.29 is 18.4 Å². The third-order valence-electron chi connectivity index (χ3n) is 6.69. The van der Waals surface area contributed by atoms with E-state index in [-0.39, 0.29) is 36.4 Å². The number of halogens is 4. The van der Waals surface area contributed by atoms with Gasteiger partial charge in [0, 0.05) is 36.1 Å². The number of benzene rings is 2. The maximum Gasteiger partial charge on any atom is 0.261 e. The van der Waals surface area contributed by atoms with Gasteiger partial charge in [-0.2, -0.15) is 0 Å². The van der Waals surface area contributed by atoms with E-state index >= 15 is 0 Å². The van der Waals surface area contributed by atoms with Crippen molar-refractivity contribution in [3.05, 3.63) is 69.7 Å². The van der Waals surface area contributed by atoms with Crippen molar-refractivity contribution in [3.63, 3.8) is 0 Å². The number of alkyl halides is 2. The van der Waals surface area contributed by atoms with Gasteiger partial charge in [-0.15, -0.1) is 0 Å². The summed E-state index contributed by atoms with van der Waals surface area (Å²) in [5, 5.41) is 4.69. The SMILES string of the molecule is CC.CC.CC(=O)C(CN1CCC(F)(F)C1)c1ccc(Cl)cc1.CC(=O)C(CNCC1CC1)c1ccc(Cl)cc1. The number of Topliss-reactive ketones (excluding diaryl/α,β-unsaturated/α-hetero) is 2. The zero-order valence-corrected chi connectivity index (χ0v) is 26.3. The third kappa shape index (κ3) is 13.2. The second-order valence-corrected chi connectivity index (χ2v) is 10.7. The Balaban J connectivity index is 0.000000358. The number of carbonyl (C=O) groups excluding carboxylic acids is 2. The van der Waals surface area contributed by atoms with Gasteiger partial charge in [-0.3, -0.25) is 14.5 Å². The molecule has 1 saturated carbocycles. The van der Waals surface area contributed by atoms with Crippen LogP contribution in [0.25, 0.3) is 0 Å². The monoisotopic (exact) mass is 598 g/mol. The van der Waals surface area contributed by atoms with Gasteiger partial charge in [-0.1, -0.05) is 75.2 Å². The topological polar surface area (TPSA) is 49.4 Å². The molecule has 2 atom stereocenters. The smallest absolute Gasteiger partial charge is 0.261 e. The second-order valence-electron chi connectivity index (χ2n) is 9.87. The average Bonchev–Trinajstić information content (AvgIpc) is 3.70. The van der Waals surface area contributed by atoms with Crippen LogP contribution in [-0.2, 0) is 9.59 Å². The number of carbonyl (C=O) groups is 2. The first-order valence-electron chi connectivity index (χ1n) is 14.4. The normalized spacial score (nSPS) is 17.1. The van der Waals surface area contributed by atoms with Crippen molar-refractivity contribution in [1.29, 1.82) is 0 Å². The van der Waals surface area contributed by atoms with Crippen molar-refractivity contribution in [2.75, 3.05) is 32.7 Å². The molecule has 1 N–H and O–H groups in total. The summed E-state index contributed by atoms with van der Waals surface area (Å²) in [5.74, 6) is -2.01. The van der Waals surface area contributed by atoms with Crippen LogP contribution in [0.15, 0.2) is 48.5 Å². The van der Waals surface area contributed by atoms with Crippen LogP contribution in [0.3, 0.4) is 0 Å². The average molecular weight is 600 g/mol. The molecule has 1 aliphatic carbocycles. The van der Waals surface area contributed by atoms with E-state index in [4.69, 9.17) is 23.2 Å². The van der Waals surface area contributed by atoms with Gasteiger partial charge in [0.05, 0.1) is 18.4 Å². The third-order valence-corrected chi connectivity index (χ3v) is 7.20. The number of ketones is 2. The lowest BCUT2D eigenvalue weighted by Gasteiger charge is -2.22. The van der Waals surface area contributed by atoms with Crippen molar-refractivity contribution in [2.24, 2.45) is 5.92 Å². The van der Waals surface area contributed by atoms with Crippen molar-refractivity contribution in [3.8, 4) is 0 Å². The number of nitrogens with zero attached hydrogens (tertiary/aromatic N) is 1. The van der Waals surface area contributed by atoms with E-state index in [1.54, 1.807) is 36.1 Å². The number of likely N-dealkylation sites (tertiary alicyclic amines) is 1. The second kappa shape index (κ2) is 18.5. The standard InChI is InChI=1S/C14H16ClF2NO.C14H18ClNO.2C2H6/c1-10(19)13(11-2-4-12(15)5-3-11)8-18-7-6-14(16,17)9-18;1-10(17)14(9-16-8-11-2-3-11)12-4-6-13(15)7-5-12;2*1-2/h2-5,13H,6-9H2,1H3;4-7,11,14,16H,2-3,8-9H2,1H3;2*1-2H3. The van der Waals surface area contributed by atoms with Gasteiger partial charge < -0.3 is 5.32 Å². The molecule has 2 fully saturated rings. The van der Waals surface area contributed by atoms with Gasteiger partial charge >= 0.3 is 0 Å². The summed E-state index contributed by atoms with van der Waals surface area (Å²) in [5.41, 5.74) is 1.87. The Morgan fingerprint density at radius 1 is 0.875 bits per heavy atom. The quantitative estimate of drug-likeness (QED) is 0.298. The minimum absolute atomic E-state index is 0.0162. The Kier molecular flexibility index (Phi) is 16.8. The molecule has 0 bridgehead atoms. The molecule has 2 aromatic carbocycles. The number of hydrogen-bond donors (Lipinski definition) is 1. The lowest BCUT2D eigenvalue weighted by atomic mass is 9.95. The molecule has 0 amide bonds. The maximum absolute atomic E-state index is 13.2. The minimum atomic E-state index is -2.62. The lowest BCUT2D eigenvalue weighted by molar-refractivity contribution is -0.119. The molecule has 8 heteroatoms. The van der Waals surface area contributed by atoms with E-state index in [1.807, 2.05) is 52.0 Å². The summed E-state index contributed by atoms with van der Waals surface area (Å²) in [7, 11) is 0. The van der Waals surface area contributed by atoms with Crippen LogP contribution in [-0.4, -0.2) is 55.1 Å². The first-order chi connectivity index (χ1) is 19.0. The van der Waals surface area contributed by atoms with E-state index in [0.717, 1.165) is 30.1 Å². The summed E-state index contributed by atoms with van der Waals surface area (Å²) < 4.78 is 26.3. The highest BCUT2D eigenvalue weighted by atomic mass is 35.5. The van der Waals surface area contributed by atoms with E-state index in [1.165, 1.54) is 19.8 Å². The number of nitrogens with one attached hydrogen (secondary N) is 1. The Bertz CT molecular complexity index is 1010. The molecule has 2 aromatic rings. The highest BCUT2D eigenvalue weighted by molar-refractivity contribution is 6.30. The van der Waals surface area contributed by atoms with Gasteiger partial charge in [0.25, 0.3) is 5.92 Å². The molecule has 1 aliphatic heterocycles. The molecule has 0 radical (unpaired) electrons. The zero-order chi connectivity index (χ0) is 30.3. The molecule has 4 nitrogen and oxygen atoms in total. The number of hydrogen-bond acceptors (Lipinski definition) is 4. The van der Waals surface area contributed by atoms with Gasteiger partial charge in [0.15, 0.2) is 0 Å². The lowest BCUT2D eigenvalue weighted by Crippen LogP contribution is -2.31. The van der Waals surface area contributed by atoms with E-state index in [2.05, 4.69) is 5.32 Å². The van der Waals surface area contributed by atoms with E-state index in [0.29, 0.717) is 23.1 Å². The summed E-state index contributed by atoms with van der Waals surface area (Å²) in [4.78, 5) is 25.0. The molecule has 1 heterocycles. The van der Waals surface area contributed by atoms with Crippen molar-refractivity contribution in [1.82, 2.24) is 10.2 Å². The van der Waals surface area contributed by atoms with Crippen LogP contribution in [0.1, 0.15) is 83.8 Å². The van der Waals surface area contributed by atoms with Crippen LogP contribution < -0.4 is 5.32 Å². The fourth-order valence-corrected chi connectivity index (χ4v) is 4.58. The van der Waals surface area contributed by atoms with E-state index in [9.17, 15) is 18.4 Å². The van der Waals surface area contributed by atoms with Gasteiger partial charge in [-0.05, 0) is 74.5 Å². The summed E-state index contributed by atoms with van der Waals surface area (Å²) in [6.07, 6.45) is 2.54. The summed E-state index contributed by atoms with van der Waals surface area (Å²) >= 11 is 11.7. The molecule has 2 aliphatic rings. The van der Waals surface area contributed by atoms with Crippen LogP contribution in [0.4, 0.5) is 8.78 Å². The van der Waals surface area contributed by atoms with Crippen molar-refractivity contribution >= 4 is 34.8 Å². The van der Waals surface area contributed by atoms with Crippen LogP contribution >= 0.6 is 23.2 Å². The molecule has 40 heavy (non-hydrogen) atoms. The predicted octanol–water partition coefficient (Wildman–Crippen LogP) is 8.42. The summed E-state index contributed by atoms with van der Waals surface area (Å²) in [6, 6.07) is 14.5. The highest BCUT2D eigenvalue weighted by Crippen LogP contribution is 2.30. The van der Waals surface area contributed by atoms with E-state index < -0.39 is 5.92 Å².